The highest BCUT2D eigenvalue weighted by atomic mass is 16.6. The van der Waals surface area contributed by atoms with Crippen LogP contribution in [0.25, 0.3) is 10.9 Å². The molecule has 26 heavy (non-hydrogen) atoms. The van der Waals surface area contributed by atoms with E-state index >= 15 is 0 Å². The van der Waals surface area contributed by atoms with Gasteiger partial charge in [-0.3, -0.25) is 4.90 Å². The number of amides is 1. The maximum Gasteiger partial charge on any atom is 0.416 e. The second-order valence-corrected chi connectivity index (χ2v) is 7.48. The van der Waals surface area contributed by atoms with Crippen molar-refractivity contribution in [2.24, 2.45) is 0 Å². The molecule has 1 amide bonds. The first kappa shape index (κ1) is 18.0. The van der Waals surface area contributed by atoms with Crippen molar-refractivity contribution in [3.05, 3.63) is 59.4 Å². The molecule has 0 atom stereocenters. The van der Waals surface area contributed by atoms with E-state index in [1.165, 1.54) is 0 Å². The van der Waals surface area contributed by atoms with Crippen molar-refractivity contribution in [3.63, 3.8) is 0 Å². The van der Waals surface area contributed by atoms with Crippen molar-refractivity contribution in [3.8, 4) is 0 Å². The van der Waals surface area contributed by atoms with Gasteiger partial charge < -0.3 is 9.72 Å². The number of aromatic nitrogens is 2. The van der Waals surface area contributed by atoms with Gasteiger partial charge in [-0.05, 0) is 51.8 Å². The lowest BCUT2D eigenvalue weighted by atomic mass is 10.1. The Hall–Kier alpha value is -2.82. The quantitative estimate of drug-likeness (QED) is 0.712. The number of rotatable bonds is 3. The first-order valence-electron chi connectivity index (χ1n) is 8.74. The van der Waals surface area contributed by atoms with Gasteiger partial charge in [0.2, 0.25) is 0 Å². The molecule has 3 aromatic rings. The Morgan fingerprint density at radius 1 is 1.15 bits per heavy atom. The molecule has 0 radical (unpaired) electrons. The normalized spacial score (nSPS) is 11.6. The first-order chi connectivity index (χ1) is 12.3. The molecule has 5 nitrogen and oxygen atoms in total. The number of aryl methyl sites for hydroxylation is 2. The number of pyridine rings is 1. The molecule has 0 aliphatic rings. The van der Waals surface area contributed by atoms with Crippen molar-refractivity contribution < 1.29 is 9.53 Å². The highest BCUT2D eigenvalue weighted by molar-refractivity contribution is 5.99. The van der Waals surface area contributed by atoms with Gasteiger partial charge in [0.25, 0.3) is 0 Å². The molecule has 0 saturated carbocycles. The minimum atomic E-state index is -0.582. The second-order valence-electron chi connectivity index (χ2n) is 7.48. The number of nitrogens with one attached hydrogen (secondary N) is 1. The lowest BCUT2D eigenvalue weighted by Crippen LogP contribution is -2.37. The largest absolute Gasteiger partial charge is 0.443 e. The number of carbonyl (C=O) groups is 1. The number of H-pyrrole nitrogens is 1. The van der Waals surface area contributed by atoms with Gasteiger partial charge in [0.15, 0.2) is 5.82 Å². The van der Waals surface area contributed by atoms with Crippen LogP contribution >= 0.6 is 0 Å². The fourth-order valence-corrected chi connectivity index (χ4v) is 2.88. The average molecular weight is 351 g/mol. The number of nitrogens with zero attached hydrogens (tertiary/aromatic N) is 2. The third-order valence-electron chi connectivity index (χ3n) is 4.26. The summed E-state index contributed by atoms with van der Waals surface area (Å²) in [5.41, 5.74) is 3.51. The Labute approximate surface area is 154 Å². The van der Waals surface area contributed by atoms with Crippen LogP contribution in [0.5, 0.6) is 0 Å². The van der Waals surface area contributed by atoms with Crippen LogP contribution in [0, 0.1) is 13.8 Å². The third kappa shape index (κ3) is 3.72. The zero-order valence-electron chi connectivity index (χ0n) is 16.0. The summed E-state index contributed by atoms with van der Waals surface area (Å²) in [4.78, 5) is 22.4. The van der Waals surface area contributed by atoms with Crippen LogP contribution in [0.1, 0.15) is 37.6 Å². The van der Waals surface area contributed by atoms with Crippen LogP contribution < -0.4 is 4.90 Å². The van der Waals surface area contributed by atoms with Crippen LogP contribution in [-0.2, 0) is 11.3 Å². The van der Waals surface area contributed by atoms with Gasteiger partial charge in [-0.25, -0.2) is 9.78 Å². The molecule has 1 aromatic carbocycles. The SMILES string of the molecule is Cc1[nH]c2c(N(Cc3ccccc3)C(=O)OC(C)(C)C)nccc2c1C. The maximum atomic E-state index is 12.9. The second kappa shape index (κ2) is 6.83. The Kier molecular flexibility index (Phi) is 4.72. The van der Waals surface area contributed by atoms with E-state index in [9.17, 15) is 4.79 Å². The molecule has 0 aliphatic heterocycles. The molecule has 0 fully saturated rings. The number of carbonyl (C=O) groups excluding carboxylic acids is 1. The summed E-state index contributed by atoms with van der Waals surface area (Å²) in [6.07, 6.45) is 1.33. The van der Waals surface area contributed by atoms with E-state index < -0.39 is 11.7 Å². The molecule has 0 aliphatic carbocycles. The average Bonchev–Trinajstić information content (AvgIpc) is 2.87. The summed E-state index contributed by atoms with van der Waals surface area (Å²) >= 11 is 0. The van der Waals surface area contributed by atoms with Gasteiger partial charge in [-0.2, -0.15) is 0 Å². The van der Waals surface area contributed by atoms with E-state index in [2.05, 4.69) is 16.9 Å². The topological polar surface area (TPSA) is 58.2 Å². The van der Waals surface area contributed by atoms with Gasteiger partial charge in [0.1, 0.15) is 5.60 Å². The monoisotopic (exact) mass is 351 g/mol. The van der Waals surface area contributed by atoms with Crippen LogP contribution in [-0.4, -0.2) is 21.7 Å². The molecule has 2 heterocycles. The van der Waals surface area contributed by atoms with Crippen LogP contribution in [0.4, 0.5) is 10.6 Å². The molecule has 0 spiro atoms. The molecule has 136 valence electrons. The van der Waals surface area contributed by atoms with E-state index in [-0.39, 0.29) is 0 Å². The molecular formula is C21H25N3O2. The summed E-state index contributed by atoms with van der Waals surface area (Å²) in [6, 6.07) is 11.8. The van der Waals surface area contributed by atoms with Gasteiger partial charge in [0, 0.05) is 17.3 Å². The number of benzene rings is 1. The van der Waals surface area contributed by atoms with Gasteiger partial charge in [0.05, 0.1) is 12.1 Å². The standard InChI is InChI=1S/C21H25N3O2/c1-14-15(2)23-18-17(14)11-12-22-19(18)24(20(25)26-21(3,4)5)13-16-9-7-6-8-10-16/h6-12,23H,13H2,1-5H3. The fourth-order valence-electron chi connectivity index (χ4n) is 2.88. The van der Waals surface area contributed by atoms with Crippen molar-refractivity contribution in [2.45, 2.75) is 46.8 Å². The summed E-state index contributed by atoms with van der Waals surface area (Å²) in [7, 11) is 0. The van der Waals surface area contributed by atoms with Crippen LogP contribution in [0.2, 0.25) is 0 Å². The Morgan fingerprint density at radius 2 is 1.85 bits per heavy atom. The van der Waals surface area contributed by atoms with E-state index in [0.29, 0.717) is 12.4 Å². The highest BCUT2D eigenvalue weighted by Crippen LogP contribution is 2.30. The van der Waals surface area contributed by atoms with E-state index in [1.807, 2.05) is 64.1 Å². The van der Waals surface area contributed by atoms with Gasteiger partial charge >= 0.3 is 6.09 Å². The smallest absolute Gasteiger partial charge is 0.416 e. The third-order valence-corrected chi connectivity index (χ3v) is 4.26. The van der Waals surface area contributed by atoms with Crippen molar-refractivity contribution >= 4 is 22.8 Å². The lowest BCUT2D eigenvalue weighted by Gasteiger charge is -2.27. The highest BCUT2D eigenvalue weighted by Gasteiger charge is 2.26. The molecule has 2 aromatic heterocycles. The molecular weight excluding hydrogens is 326 g/mol. The van der Waals surface area contributed by atoms with Gasteiger partial charge in [-0.1, -0.05) is 30.3 Å². The molecule has 0 unspecified atom stereocenters. The number of ether oxygens (including phenoxy) is 1. The Bertz CT molecular complexity index is 924. The lowest BCUT2D eigenvalue weighted by molar-refractivity contribution is 0.0576. The minimum Gasteiger partial charge on any atom is -0.443 e. The molecule has 0 bridgehead atoms. The number of hydrogen-bond donors (Lipinski definition) is 1. The Balaban J connectivity index is 2.08. The molecule has 0 saturated heterocycles. The predicted octanol–water partition coefficient (Wildman–Crippen LogP) is 5.12. The predicted molar refractivity (Wildman–Crippen MR) is 104 cm³/mol. The van der Waals surface area contributed by atoms with Crippen molar-refractivity contribution in [1.82, 2.24) is 9.97 Å². The zero-order chi connectivity index (χ0) is 18.9. The molecule has 3 rings (SSSR count). The zero-order valence-corrected chi connectivity index (χ0v) is 16.0. The van der Waals surface area contributed by atoms with Crippen LogP contribution in [0.15, 0.2) is 42.6 Å². The summed E-state index contributed by atoms with van der Waals surface area (Å²) < 4.78 is 5.65. The minimum absolute atomic E-state index is 0.388. The summed E-state index contributed by atoms with van der Waals surface area (Å²) in [5, 5.41) is 1.06. The Morgan fingerprint density at radius 3 is 2.50 bits per heavy atom. The van der Waals surface area contributed by atoms with Gasteiger partial charge in [-0.15, -0.1) is 0 Å². The number of fused-ring (bicyclic) bond motifs is 1. The molecule has 5 heteroatoms. The number of hydrogen-bond acceptors (Lipinski definition) is 3. The first-order valence-corrected chi connectivity index (χ1v) is 8.74. The maximum absolute atomic E-state index is 12.9. The van der Waals surface area contributed by atoms with Crippen LogP contribution in [0.3, 0.4) is 0 Å². The van der Waals surface area contributed by atoms with E-state index in [4.69, 9.17) is 4.74 Å². The number of aromatic amines is 1. The summed E-state index contributed by atoms with van der Waals surface area (Å²) in [5.74, 6) is 0.580. The van der Waals surface area contributed by atoms with E-state index in [1.54, 1.807) is 11.1 Å². The van der Waals surface area contributed by atoms with Crippen molar-refractivity contribution in [2.75, 3.05) is 4.90 Å². The number of anilines is 1. The summed E-state index contributed by atoms with van der Waals surface area (Å²) in [6.45, 7) is 10.1. The van der Waals surface area contributed by atoms with E-state index in [0.717, 1.165) is 27.7 Å². The fraction of sp³-hybridized carbons (Fsp3) is 0.333. The van der Waals surface area contributed by atoms with Crippen molar-refractivity contribution in [1.29, 1.82) is 0 Å². The molecule has 1 N–H and O–H groups in total.